The molecule has 3 heteroatoms. The smallest absolute Gasteiger partial charge is 0.0897 e. The highest BCUT2D eigenvalue weighted by Crippen LogP contribution is 2.50. The van der Waals surface area contributed by atoms with Crippen LogP contribution in [0.1, 0.15) is 59.3 Å². The fourth-order valence-corrected chi connectivity index (χ4v) is 3.50. The quantitative estimate of drug-likeness (QED) is 0.719. The third-order valence-electron chi connectivity index (χ3n) is 5.35. The van der Waals surface area contributed by atoms with E-state index < -0.39 is 0 Å². The number of rotatable bonds is 8. The summed E-state index contributed by atoms with van der Waals surface area (Å²) in [7, 11) is 0. The number of aliphatic hydroxyl groups is 1. The Hall–Kier alpha value is -0.120. The summed E-state index contributed by atoms with van der Waals surface area (Å²) < 4.78 is 5.97. The molecular formula is C17H33NO2. The van der Waals surface area contributed by atoms with Crippen LogP contribution < -0.4 is 5.32 Å². The molecule has 4 atom stereocenters. The highest BCUT2D eigenvalue weighted by Gasteiger charge is 2.44. The number of hydrogen-bond acceptors (Lipinski definition) is 3. The maximum absolute atomic E-state index is 10.0. The molecule has 2 fully saturated rings. The lowest BCUT2D eigenvalue weighted by molar-refractivity contribution is -0.0499. The van der Waals surface area contributed by atoms with Crippen LogP contribution in [0.2, 0.25) is 0 Å². The first-order valence-corrected chi connectivity index (χ1v) is 8.53. The molecule has 2 saturated carbocycles. The lowest BCUT2D eigenvalue weighted by Crippen LogP contribution is -2.35. The second-order valence-corrected chi connectivity index (χ2v) is 7.53. The summed E-state index contributed by atoms with van der Waals surface area (Å²) in [5.41, 5.74) is 0.519. The van der Waals surface area contributed by atoms with Gasteiger partial charge in [0.15, 0.2) is 0 Å². The molecule has 0 aromatic carbocycles. The standard InChI is InChI=1S/C17H33NO2/c1-4-13-7-5-6-8-16(13)20-12-15(19)11-18-10-14-9-17(14,2)3/h13-16,18-19H,4-12H2,1-3H3. The molecule has 0 aliphatic heterocycles. The molecule has 0 heterocycles. The van der Waals surface area contributed by atoms with Crippen LogP contribution in [-0.2, 0) is 4.74 Å². The molecule has 20 heavy (non-hydrogen) atoms. The predicted octanol–water partition coefficient (Wildman–Crippen LogP) is 2.97. The van der Waals surface area contributed by atoms with E-state index in [9.17, 15) is 5.11 Å². The van der Waals surface area contributed by atoms with Crippen LogP contribution >= 0.6 is 0 Å². The van der Waals surface area contributed by atoms with Gasteiger partial charge in [-0.1, -0.05) is 40.0 Å². The molecule has 0 bridgehead atoms. The van der Waals surface area contributed by atoms with Crippen molar-refractivity contribution < 1.29 is 9.84 Å². The third-order valence-corrected chi connectivity index (χ3v) is 5.35. The Labute approximate surface area is 124 Å². The lowest BCUT2D eigenvalue weighted by Gasteiger charge is -2.31. The molecule has 118 valence electrons. The molecule has 2 aliphatic carbocycles. The number of nitrogens with one attached hydrogen (secondary N) is 1. The zero-order valence-electron chi connectivity index (χ0n) is 13.5. The molecule has 2 N–H and O–H groups in total. The van der Waals surface area contributed by atoms with Gasteiger partial charge in [-0.2, -0.15) is 0 Å². The lowest BCUT2D eigenvalue weighted by atomic mass is 9.85. The molecule has 2 aliphatic rings. The SMILES string of the molecule is CCC1CCCCC1OCC(O)CNCC1CC1(C)C. The highest BCUT2D eigenvalue weighted by molar-refractivity contribution is 4.96. The molecule has 0 radical (unpaired) electrons. The van der Waals surface area contributed by atoms with Crippen molar-refractivity contribution in [2.45, 2.75) is 71.5 Å². The van der Waals surface area contributed by atoms with Gasteiger partial charge in [0.2, 0.25) is 0 Å². The van der Waals surface area contributed by atoms with Crippen molar-refractivity contribution in [3.05, 3.63) is 0 Å². The zero-order valence-corrected chi connectivity index (χ0v) is 13.5. The van der Waals surface area contributed by atoms with Gasteiger partial charge >= 0.3 is 0 Å². The van der Waals surface area contributed by atoms with E-state index in [4.69, 9.17) is 4.74 Å². The van der Waals surface area contributed by atoms with Gasteiger partial charge in [-0.25, -0.2) is 0 Å². The van der Waals surface area contributed by atoms with Crippen LogP contribution in [0.15, 0.2) is 0 Å². The van der Waals surface area contributed by atoms with Crippen molar-refractivity contribution in [1.82, 2.24) is 5.32 Å². The van der Waals surface area contributed by atoms with E-state index in [0.717, 1.165) is 12.5 Å². The van der Waals surface area contributed by atoms with E-state index in [1.807, 2.05) is 0 Å². The van der Waals surface area contributed by atoms with Crippen molar-refractivity contribution in [2.24, 2.45) is 17.3 Å². The van der Waals surface area contributed by atoms with Crippen LogP contribution in [0.3, 0.4) is 0 Å². The van der Waals surface area contributed by atoms with Crippen LogP contribution in [0.25, 0.3) is 0 Å². The van der Waals surface area contributed by atoms with E-state index in [0.29, 0.717) is 30.6 Å². The average molecular weight is 283 g/mol. The maximum Gasteiger partial charge on any atom is 0.0897 e. The normalized spacial score (nSPS) is 33.9. The summed E-state index contributed by atoms with van der Waals surface area (Å²) in [5.74, 6) is 1.50. The van der Waals surface area contributed by atoms with Gasteiger partial charge in [-0.15, -0.1) is 0 Å². The first-order chi connectivity index (χ1) is 9.53. The topological polar surface area (TPSA) is 41.5 Å². The third kappa shape index (κ3) is 4.71. The average Bonchev–Trinajstić information content (AvgIpc) is 3.04. The number of aliphatic hydroxyl groups excluding tert-OH is 1. The summed E-state index contributed by atoms with van der Waals surface area (Å²) >= 11 is 0. The minimum atomic E-state index is -0.365. The monoisotopic (exact) mass is 283 g/mol. The van der Waals surface area contributed by atoms with Gasteiger partial charge in [0.1, 0.15) is 0 Å². The van der Waals surface area contributed by atoms with Crippen molar-refractivity contribution in [3.8, 4) is 0 Å². The second kappa shape index (κ2) is 7.24. The Balaban J connectivity index is 1.56. The number of hydrogen-bond donors (Lipinski definition) is 2. The van der Waals surface area contributed by atoms with Crippen LogP contribution in [-0.4, -0.2) is 37.0 Å². The van der Waals surface area contributed by atoms with Crippen molar-refractivity contribution in [1.29, 1.82) is 0 Å². The summed E-state index contributed by atoms with van der Waals surface area (Å²) in [6.07, 6.45) is 7.64. The molecule has 0 spiro atoms. The first-order valence-electron chi connectivity index (χ1n) is 8.53. The van der Waals surface area contributed by atoms with Gasteiger partial charge in [0, 0.05) is 6.54 Å². The number of ether oxygens (including phenoxy) is 1. The first kappa shape index (κ1) is 16.3. The van der Waals surface area contributed by atoms with E-state index in [2.05, 4.69) is 26.1 Å². The fourth-order valence-electron chi connectivity index (χ4n) is 3.50. The fraction of sp³-hybridized carbons (Fsp3) is 1.00. The van der Waals surface area contributed by atoms with E-state index >= 15 is 0 Å². The zero-order chi connectivity index (χ0) is 14.6. The molecule has 0 saturated heterocycles. The van der Waals surface area contributed by atoms with Gasteiger partial charge in [-0.3, -0.25) is 0 Å². The Morgan fingerprint density at radius 2 is 2.00 bits per heavy atom. The van der Waals surface area contributed by atoms with Crippen molar-refractivity contribution >= 4 is 0 Å². The molecule has 4 unspecified atom stereocenters. The molecule has 0 aromatic rings. The highest BCUT2D eigenvalue weighted by atomic mass is 16.5. The van der Waals surface area contributed by atoms with E-state index in [1.165, 1.54) is 38.5 Å². The van der Waals surface area contributed by atoms with Crippen molar-refractivity contribution in [3.63, 3.8) is 0 Å². The summed E-state index contributed by atoms with van der Waals surface area (Å²) in [5, 5.41) is 13.4. The molecule has 0 amide bonds. The summed E-state index contributed by atoms with van der Waals surface area (Å²) in [6.45, 7) is 9.06. The Morgan fingerprint density at radius 3 is 2.65 bits per heavy atom. The van der Waals surface area contributed by atoms with Crippen LogP contribution in [0.5, 0.6) is 0 Å². The Bertz CT molecular complexity index is 293. The van der Waals surface area contributed by atoms with E-state index in [1.54, 1.807) is 0 Å². The molecule has 3 nitrogen and oxygen atoms in total. The summed E-state index contributed by atoms with van der Waals surface area (Å²) in [4.78, 5) is 0. The maximum atomic E-state index is 10.0. The molecule has 2 rings (SSSR count). The second-order valence-electron chi connectivity index (χ2n) is 7.53. The molecule has 0 aromatic heterocycles. The minimum Gasteiger partial charge on any atom is -0.389 e. The Morgan fingerprint density at radius 1 is 1.30 bits per heavy atom. The Kier molecular flexibility index (Phi) is 5.88. The van der Waals surface area contributed by atoms with Gasteiger partial charge in [0.05, 0.1) is 18.8 Å². The van der Waals surface area contributed by atoms with Gasteiger partial charge < -0.3 is 15.2 Å². The minimum absolute atomic E-state index is 0.365. The van der Waals surface area contributed by atoms with Crippen molar-refractivity contribution in [2.75, 3.05) is 19.7 Å². The van der Waals surface area contributed by atoms with E-state index in [-0.39, 0.29) is 6.10 Å². The predicted molar refractivity (Wildman–Crippen MR) is 82.8 cm³/mol. The summed E-state index contributed by atoms with van der Waals surface area (Å²) in [6, 6.07) is 0. The van der Waals surface area contributed by atoms with Crippen LogP contribution in [0, 0.1) is 17.3 Å². The van der Waals surface area contributed by atoms with Gasteiger partial charge in [0.25, 0.3) is 0 Å². The largest absolute Gasteiger partial charge is 0.389 e. The van der Waals surface area contributed by atoms with Gasteiger partial charge in [-0.05, 0) is 43.1 Å². The molecular weight excluding hydrogens is 250 g/mol. The van der Waals surface area contributed by atoms with Crippen LogP contribution in [0.4, 0.5) is 0 Å².